The third-order valence-electron chi connectivity index (χ3n) is 9.31. The van der Waals surface area contributed by atoms with E-state index in [1.807, 2.05) is 0 Å². The topological polar surface area (TPSA) is 72.8 Å². The molecule has 28 heavy (non-hydrogen) atoms. The molecule has 0 saturated heterocycles. The summed E-state index contributed by atoms with van der Waals surface area (Å²) in [7, 11) is 0. The second-order valence-electron chi connectivity index (χ2n) is 10.6. The number of hydrogen-bond acceptors (Lipinski definition) is 5. The highest BCUT2D eigenvalue weighted by Gasteiger charge is 2.65. The Morgan fingerprint density at radius 3 is 2.25 bits per heavy atom. The summed E-state index contributed by atoms with van der Waals surface area (Å²) in [5.74, 6) is 1.25. The normalized spacial score (nSPS) is 50.1. The summed E-state index contributed by atoms with van der Waals surface area (Å²) in [5.41, 5.74) is -0.783. The molecule has 4 aliphatic carbocycles. The van der Waals surface area contributed by atoms with Crippen molar-refractivity contribution in [1.82, 2.24) is 0 Å². The zero-order valence-corrected chi connectivity index (χ0v) is 17.8. The average molecular weight is 393 g/mol. The number of ether oxygens (including phenoxy) is 2. The second kappa shape index (κ2) is 6.72. The van der Waals surface area contributed by atoms with Gasteiger partial charge in [0.05, 0.1) is 5.60 Å². The van der Waals surface area contributed by atoms with Crippen molar-refractivity contribution in [2.75, 3.05) is 0 Å². The van der Waals surface area contributed by atoms with Crippen molar-refractivity contribution in [3.05, 3.63) is 0 Å². The van der Waals surface area contributed by atoms with Gasteiger partial charge in [0, 0.05) is 25.7 Å². The molecule has 0 amide bonds. The Morgan fingerprint density at radius 2 is 1.57 bits per heavy atom. The molecule has 4 saturated carbocycles. The molecular weight excluding hydrogens is 356 g/mol. The molecule has 0 spiro atoms. The average Bonchev–Trinajstić information content (AvgIpc) is 2.91. The summed E-state index contributed by atoms with van der Waals surface area (Å²) in [4.78, 5) is 23.0. The van der Waals surface area contributed by atoms with Crippen molar-refractivity contribution in [2.45, 2.75) is 103 Å². The van der Waals surface area contributed by atoms with Gasteiger partial charge >= 0.3 is 11.9 Å². The smallest absolute Gasteiger partial charge is 0.302 e. The third kappa shape index (κ3) is 2.91. The lowest BCUT2D eigenvalue weighted by Crippen LogP contribution is -2.63. The monoisotopic (exact) mass is 392 g/mol. The van der Waals surface area contributed by atoms with E-state index >= 15 is 0 Å². The van der Waals surface area contributed by atoms with E-state index in [9.17, 15) is 14.7 Å². The van der Waals surface area contributed by atoms with Crippen LogP contribution in [-0.2, 0) is 19.1 Å². The number of carbonyl (C=O) groups excluding carboxylic acids is 2. The maximum absolute atomic E-state index is 11.7. The molecule has 0 aliphatic heterocycles. The Balaban J connectivity index is 1.56. The van der Waals surface area contributed by atoms with Crippen LogP contribution >= 0.6 is 0 Å². The zero-order valence-electron chi connectivity index (χ0n) is 17.8. The molecule has 0 bridgehead atoms. The molecule has 0 heterocycles. The predicted octanol–water partition coefficient (Wildman–Crippen LogP) is 4.01. The molecular formula is C23H36O5. The Hall–Kier alpha value is -1.10. The van der Waals surface area contributed by atoms with E-state index in [1.165, 1.54) is 13.8 Å². The Kier molecular flexibility index (Phi) is 4.84. The summed E-state index contributed by atoms with van der Waals surface area (Å²) in [6.45, 7) is 7.59. The number of esters is 2. The Bertz CT molecular complexity index is 661. The highest BCUT2D eigenvalue weighted by molar-refractivity contribution is 5.66. The first kappa shape index (κ1) is 20.2. The molecule has 5 nitrogen and oxygen atoms in total. The van der Waals surface area contributed by atoms with Gasteiger partial charge in [-0.3, -0.25) is 9.59 Å². The van der Waals surface area contributed by atoms with Crippen LogP contribution in [0, 0.1) is 28.6 Å². The molecule has 0 aromatic carbocycles. The van der Waals surface area contributed by atoms with E-state index in [2.05, 4.69) is 13.8 Å². The highest BCUT2D eigenvalue weighted by atomic mass is 16.5. The van der Waals surface area contributed by atoms with Gasteiger partial charge in [-0.25, -0.2) is 0 Å². The molecule has 0 aromatic rings. The fourth-order valence-electron chi connectivity index (χ4n) is 7.89. The highest BCUT2D eigenvalue weighted by Crippen LogP contribution is 2.67. The number of hydrogen-bond donors (Lipinski definition) is 1. The first-order valence-corrected chi connectivity index (χ1v) is 11.2. The van der Waals surface area contributed by atoms with Crippen molar-refractivity contribution in [3.8, 4) is 0 Å². The standard InChI is InChI=1S/C23H36O5/c1-14(24)27-16-7-11-22(4)19-9-10-21(3)18(5-6-20(21)28-15(2)25)17(19)8-12-23(22,26)13-16/h16-20,26H,5-13H2,1-4H3/t16-,17-,18-,19-,20-,21-,22+,23+/m0/s1. The molecule has 4 aliphatic rings. The van der Waals surface area contributed by atoms with Crippen LogP contribution in [0.4, 0.5) is 0 Å². The molecule has 0 unspecified atom stereocenters. The largest absolute Gasteiger partial charge is 0.462 e. The SMILES string of the molecule is CC(=O)O[C@H]1CC[C@]2(C)[C@H]3CC[C@]4(C)[C@@H](OC(C)=O)CC[C@H]4[C@@H]3CC[C@@]2(O)C1. The van der Waals surface area contributed by atoms with E-state index in [4.69, 9.17) is 9.47 Å². The summed E-state index contributed by atoms with van der Waals surface area (Å²) in [6, 6.07) is 0. The van der Waals surface area contributed by atoms with E-state index in [1.54, 1.807) is 0 Å². The molecule has 0 radical (unpaired) electrons. The molecule has 0 aromatic heterocycles. The fraction of sp³-hybridized carbons (Fsp3) is 0.913. The number of aliphatic hydroxyl groups is 1. The third-order valence-corrected chi connectivity index (χ3v) is 9.31. The van der Waals surface area contributed by atoms with Crippen molar-refractivity contribution in [1.29, 1.82) is 0 Å². The Morgan fingerprint density at radius 1 is 0.857 bits per heavy atom. The van der Waals surface area contributed by atoms with Crippen LogP contribution < -0.4 is 0 Å². The molecule has 8 atom stereocenters. The second-order valence-corrected chi connectivity index (χ2v) is 10.6. The van der Waals surface area contributed by atoms with Crippen molar-refractivity contribution < 1.29 is 24.2 Å². The van der Waals surface area contributed by atoms with Crippen molar-refractivity contribution >= 4 is 11.9 Å². The van der Waals surface area contributed by atoms with Crippen LogP contribution in [0.2, 0.25) is 0 Å². The molecule has 5 heteroatoms. The van der Waals surface area contributed by atoms with Gasteiger partial charge in [-0.05, 0) is 74.5 Å². The molecule has 4 rings (SSSR count). The number of fused-ring (bicyclic) bond motifs is 5. The van der Waals surface area contributed by atoms with Gasteiger partial charge in [0.1, 0.15) is 12.2 Å². The molecule has 158 valence electrons. The minimum absolute atomic E-state index is 0.0456. The minimum atomic E-state index is -0.742. The predicted molar refractivity (Wildman–Crippen MR) is 104 cm³/mol. The van der Waals surface area contributed by atoms with E-state index in [0.717, 1.165) is 51.4 Å². The fourth-order valence-corrected chi connectivity index (χ4v) is 7.89. The quantitative estimate of drug-likeness (QED) is 0.719. The van der Waals surface area contributed by atoms with Crippen molar-refractivity contribution in [2.24, 2.45) is 28.6 Å². The first-order chi connectivity index (χ1) is 13.1. The van der Waals surface area contributed by atoms with E-state index in [0.29, 0.717) is 24.2 Å². The van der Waals surface area contributed by atoms with Gasteiger partial charge in [-0.2, -0.15) is 0 Å². The lowest BCUT2D eigenvalue weighted by atomic mass is 9.43. The van der Waals surface area contributed by atoms with E-state index in [-0.39, 0.29) is 35.0 Å². The van der Waals surface area contributed by atoms with Gasteiger partial charge in [0.25, 0.3) is 0 Å². The number of carbonyl (C=O) groups is 2. The zero-order chi connectivity index (χ0) is 20.3. The molecule has 1 N–H and O–H groups in total. The van der Waals surface area contributed by atoms with Gasteiger partial charge < -0.3 is 14.6 Å². The summed E-state index contributed by atoms with van der Waals surface area (Å²) in [5, 5.41) is 11.7. The maximum atomic E-state index is 11.7. The van der Waals surface area contributed by atoms with Crippen LogP contribution in [0.3, 0.4) is 0 Å². The van der Waals surface area contributed by atoms with Crippen LogP contribution in [-0.4, -0.2) is 34.9 Å². The van der Waals surface area contributed by atoms with Gasteiger partial charge in [-0.15, -0.1) is 0 Å². The summed E-state index contributed by atoms with van der Waals surface area (Å²) in [6.07, 6.45) is 8.29. The molecule has 4 fully saturated rings. The van der Waals surface area contributed by atoms with Crippen LogP contribution in [0.1, 0.15) is 85.5 Å². The lowest BCUT2D eigenvalue weighted by molar-refractivity contribution is -0.225. The number of rotatable bonds is 2. The van der Waals surface area contributed by atoms with Gasteiger partial charge in [0.15, 0.2) is 0 Å². The van der Waals surface area contributed by atoms with E-state index < -0.39 is 5.60 Å². The van der Waals surface area contributed by atoms with Gasteiger partial charge in [-0.1, -0.05) is 13.8 Å². The lowest BCUT2D eigenvalue weighted by Gasteiger charge is -2.63. The first-order valence-electron chi connectivity index (χ1n) is 11.2. The van der Waals surface area contributed by atoms with Crippen LogP contribution in [0.25, 0.3) is 0 Å². The Labute approximate surface area is 168 Å². The van der Waals surface area contributed by atoms with Crippen LogP contribution in [0.5, 0.6) is 0 Å². The van der Waals surface area contributed by atoms with Crippen LogP contribution in [0.15, 0.2) is 0 Å². The summed E-state index contributed by atoms with van der Waals surface area (Å²) < 4.78 is 11.2. The minimum Gasteiger partial charge on any atom is -0.462 e. The maximum Gasteiger partial charge on any atom is 0.302 e. The van der Waals surface area contributed by atoms with Gasteiger partial charge in [0.2, 0.25) is 0 Å². The summed E-state index contributed by atoms with van der Waals surface area (Å²) >= 11 is 0. The van der Waals surface area contributed by atoms with Crippen molar-refractivity contribution in [3.63, 3.8) is 0 Å².